The summed E-state index contributed by atoms with van der Waals surface area (Å²) >= 11 is 1.58. The van der Waals surface area contributed by atoms with Gasteiger partial charge in [0.25, 0.3) is 0 Å². The van der Waals surface area contributed by atoms with Gasteiger partial charge in [-0.2, -0.15) is 0 Å². The molecule has 0 unspecified atom stereocenters. The van der Waals surface area contributed by atoms with E-state index in [1.54, 1.807) is 11.8 Å². The van der Waals surface area contributed by atoms with Crippen molar-refractivity contribution in [2.45, 2.75) is 37.5 Å². The smallest absolute Gasteiger partial charge is 0.390 e. The molecule has 9 heteroatoms. The first kappa shape index (κ1) is 39.6. The van der Waals surface area contributed by atoms with Crippen LogP contribution in [0.2, 0.25) is 0 Å². The maximum Gasteiger partial charge on any atom is 0.453 e. The highest BCUT2D eigenvalue weighted by Crippen LogP contribution is 2.50. The molecule has 12 aromatic rings. The maximum absolute atomic E-state index is 6.99. The minimum Gasteiger partial charge on any atom is -0.390 e. The van der Waals surface area contributed by atoms with Crippen LogP contribution >= 0.6 is 28.2 Å². The normalized spacial score (nSPS) is 11.8. The number of hydrogen-bond acceptors (Lipinski definition) is 7. The summed E-state index contributed by atoms with van der Waals surface area (Å²) in [6, 6.07) is 58.7. The number of hydrogen-bond donors (Lipinski definition) is 0. The van der Waals surface area contributed by atoms with E-state index >= 15 is 0 Å². The van der Waals surface area contributed by atoms with Gasteiger partial charge in [0.2, 0.25) is 0 Å². The SMILES string of the molecule is Cc1cc(C)c(Op2oc3ccc4ccccc4c3c3c(ccc4ccccc43)o2)c(Sc2cc(C)cc(C)c2Op2oc3ccc4ccccc4c3c3c(ccc4ccccc43)o2)c1. The van der Waals surface area contributed by atoms with Crippen molar-refractivity contribution in [1.29, 1.82) is 0 Å². The van der Waals surface area contributed by atoms with E-state index in [0.29, 0.717) is 33.8 Å². The third-order valence-corrected chi connectivity index (χ3v) is 15.2. The number of fused-ring (bicyclic) bond motifs is 14. The van der Waals surface area contributed by atoms with Crippen molar-refractivity contribution in [3.8, 4) is 11.5 Å². The average molecular weight is 903 g/mol. The molecule has 0 atom stereocenters. The highest BCUT2D eigenvalue weighted by molar-refractivity contribution is 7.99. The molecule has 0 saturated carbocycles. The minimum atomic E-state index is -1.97. The summed E-state index contributed by atoms with van der Waals surface area (Å²) in [6.45, 7) is 8.34. The second-order valence-electron chi connectivity index (χ2n) is 16.6. The van der Waals surface area contributed by atoms with Crippen molar-refractivity contribution in [2.75, 3.05) is 0 Å². The molecule has 6 nitrogen and oxygen atoms in total. The van der Waals surface area contributed by atoms with Crippen molar-refractivity contribution in [2.24, 2.45) is 0 Å². The Morgan fingerprint density at radius 1 is 0.354 bits per heavy atom. The molecule has 10 aromatic carbocycles. The van der Waals surface area contributed by atoms with E-state index in [9.17, 15) is 0 Å². The van der Waals surface area contributed by atoms with Crippen LogP contribution in [-0.2, 0) is 0 Å². The molecule has 0 radical (unpaired) electrons. The van der Waals surface area contributed by atoms with Gasteiger partial charge in [-0.05, 0) is 129 Å². The Kier molecular flexibility index (Phi) is 9.68. The fourth-order valence-corrected chi connectivity index (χ4v) is 13.0. The van der Waals surface area contributed by atoms with Crippen molar-refractivity contribution >= 4 is 115 Å². The molecule has 65 heavy (non-hydrogen) atoms. The molecule has 0 bridgehead atoms. The maximum atomic E-state index is 6.99. The fraction of sp³-hybridized carbons (Fsp3) is 0.0714. The average Bonchev–Trinajstić information content (AvgIpc) is 3.59. The molecule has 0 fully saturated rings. The van der Waals surface area contributed by atoms with E-state index < -0.39 is 16.5 Å². The van der Waals surface area contributed by atoms with Gasteiger partial charge in [0.15, 0.2) is 11.5 Å². The summed E-state index contributed by atoms with van der Waals surface area (Å²) in [5, 5.41) is 12.8. The Labute approximate surface area is 380 Å². The molecule has 0 aliphatic carbocycles. The van der Waals surface area contributed by atoms with Crippen molar-refractivity contribution in [3.63, 3.8) is 0 Å². The van der Waals surface area contributed by atoms with Crippen LogP contribution in [0.5, 0.6) is 11.5 Å². The van der Waals surface area contributed by atoms with E-state index in [0.717, 1.165) is 96.7 Å². The van der Waals surface area contributed by atoms with Gasteiger partial charge in [-0.15, -0.1) is 0 Å². The van der Waals surface area contributed by atoms with Gasteiger partial charge in [0.1, 0.15) is 22.3 Å². The standard InChI is InChI=1S/C56H40O6P2S/c1-33-29-35(3)55(61-63-57-45-25-21-37-13-5-9-17-41(37)51(45)52-42-18-10-6-14-38(42)22-26-46(52)58-63)49(31-33)65-50-32-34(2)30-36(4)56(50)62-64-59-47-27-23-39-15-7-11-19-43(39)53(47)54-44-20-12-8-16-40(44)24-28-48(54)60-64/h5-32H,1-4H3. The Morgan fingerprint density at radius 3 is 0.954 bits per heavy atom. The second-order valence-corrected chi connectivity index (χ2v) is 19.6. The van der Waals surface area contributed by atoms with Gasteiger partial charge >= 0.3 is 16.5 Å². The van der Waals surface area contributed by atoms with Crippen LogP contribution in [-0.4, -0.2) is 0 Å². The second kappa shape index (κ2) is 15.9. The zero-order valence-corrected chi connectivity index (χ0v) is 38.5. The first-order chi connectivity index (χ1) is 31.8. The molecule has 0 aliphatic heterocycles. The third-order valence-electron chi connectivity index (χ3n) is 12.1. The molecule has 0 saturated heterocycles. The molecular weight excluding hydrogens is 863 g/mol. The molecule has 2 aromatic heterocycles. The fourth-order valence-electron chi connectivity index (χ4n) is 9.26. The van der Waals surface area contributed by atoms with Crippen molar-refractivity contribution < 1.29 is 25.8 Å². The van der Waals surface area contributed by atoms with Crippen molar-refractivity contribution in [3.05, 3.63) is 192 Å². The lowest BCUT2D eigenvalue weighted by atomic mass is 9.99. The molecule has 316 valence electrons. The molecular formula is C56H40O6P2S. The van der Waals surface area contributed by atoms with Gasteiger partial charge in [-0.25, -0.2) is 0 Å². The zero-order chi connectivity index (χ0) is 43.8. The van der Waals surface area contributed by atoms with E-state index in [1.807, 2.05) is 24.3 Å². The Morgan fingerprint density at radius 2 is 0.646 bits per heavy atom. The molecule has 2 heterocycles. The highest BCUT2D eigenvalue weighted by Gasteiger charge is 2.22. The van der Waals surface area contributed by atoms with Gasteiger partial charge in [-0.3, -0.25) is 0 Å². The van der Waals surface area contributed by atoms with E-state index in [4.69, 9.17) is 25.8 Å². The van der Waals surface area contributed by atoms with Crippen LogP contribution in [0.3, 0.4) is 0 Å². The minimum absolute atomic E-state index is 0.678. The van der Waals surface area contributed by atoms with Crippen LogP contribution in [0.25, 0.3) is 87.0 Å². The quantitative estimate of drug-likeness (QED) is 0.165. The first-order valence-corrected chi connectivity index (χ1v) is 24.5. The lowest BCUT2D eigenvalue weighted by Gasteiger charge is -2.16. The summed E-state index contributed by atoms with van der Waals surface area (Å²) in [7, 11) is -3.94. The molecule has 0 N–H and O–H groups in total. The summed E-state index contributed by atoms with van der Waals surface area (Å²) < 4.78 is 41.3. The van der Waals surface area contributed by atoms with Crippen LogP contribution in [0.15, 0.2) is 196 Å². The summed E-state index contributed by atoms with van der Waals surface area (Å²) in [6.07, 6.45) is 0. The largest absolute Gasteiger partial charge is 0.453 e. The first-order valence-electron chi connectivity index (χ1n) is 21.5. The van der Waals surface area contributed by atoms with E-state index in [-0.39, 0.29) is 0 Å². The van der Waals surface area contributed by atoms with Crippen molar-refractivity contribution in [1.82, 2.24) is 0 Å². The molecule has 0 spiro atoms. The monoisotopic (exact) mass is 902 g/mol. The van der Waals surface area contributed by atoms with Gasteiger partial charge in [-0.1, -0.05) is 145 Å². The van der Waals surface area contributed by atoms with Gasteiger partial charge in [0.05, 0.1) is 9.79 Å². The summed E-state index contributed by atoms with van der Waals surface area (Å²) in [5.41, 5.74) is 6.97. The number of aryl methyl sites for hydroxylation is 4. The van der Waals surface area contributed by atoms with E-state index in [1.165, 1.54) is 0 Å². The predicted octanol–water partition coefficient (Wildman–Crippen LogP) is 18.6. The van der Waals surface area contributed by atoms with Crippen LogP contribution in [0.1, 0.15) is 22.3 Å². The lowest BCUT2D eigenvalue weighted by molar-refractivity contribution is 0.488. The number of benzene rings is 10. The van der Waals surface area contributed by atoms with Gasteiger partial charge < -0.3 is 25.8 Å². The van der Waals surface area contributed by atoms with E-state index in [2.05, 4.69) is 173 Å². The zero-order valence-electron chi connectivity index (χ0n) is 35.9. The summed E-state index contributed by atoms with van der Waals surface area (Å²) in [4.78, 5) is 1.80. The lowest BCUT2D eigenvalue weighted by Crippen LogP contribution is -1.93. The van der Waals surface area contributed by atoms with Crippen LogP contribution in [0, 0.1) is 27.7 Å². The molecule has 0 aliphatic rings. The Balaban J connectivity index is 1.01. The van der Waals surface area contributed by atoms with Crippen LogP contribution in [0.4, 0.5) is 0 Å². The Hall–Kier alpha value is -7.01. The van der Waals surface area contributed by atoms with Gasteiger partial charge in [0, 0.05) is 21.5 Å². The molecule has 0 amide bonds. The third kappa shape index (κ3) is 6.99. The number of rotatable bonds is 6. The molecule has 12 rings (SSSR count). The predicted molar refractivity (Wildman–Crippen MR) is 271 cm³/mol. The topological polar surface area (TPSA) is 71.0 Å². The highest BCUT2D eigenvalue weighted by atomic mass is 32.2. The Bertz CT molecular complexity index is 3550. The summed E-state index contributed by atoms with van der Waals surface area (Å²) in [5.74, 6) is 1.36. The van der Waals surface area contributed by atoms with Crippen LogP contribution < -0.4 is 9.05 Å².